The number of benzene rings is 3. The molecule has 0 saturated carbocycles. The number of carbonyl (C=O) groups is 1. The summed E-state index contributed by atoms with van der Waals surface area (Å²) < 4.78 is 12.7. The van der Waals surface area contributed by atoms with Crippen molar-refractivity contribution in [2.24, 2.45) is 5.92 Å². The van der Waals surface area contributed by atoms with Gasteiger partial charge in [-0.1, -0.05) is 48.0 Å². The molecule has 1 saturated heterocycles. The number of fused-ring (bicyclic) bond motifs is 4. The molecule has 0 spiro atoms. The van der Waals surface area contributed by atoms with Crippen molar-refractivity contribution < 1.29 is 14.3 Å². The largest absolute Gasteiger partial charge is 0.490 e. The number of rotatable bonds is 5. The third-order valence-corrected chi connectivity index (χ3v) is 7.37. The maximum absolute atomic E-state index is 14.1. The van der Waals surface area contributed by atoms with Gasteiger partial charge in [0.05, 0.1) is 12.6 Å². The molecule has 7 heteroatoms. The Morgan fingerprint density at radius 2 is 1.89 bits per heavy atom. The van der Waals surface area contributed by atoms with Gasteiger partial charge in [-0.2, -0.15) is 0 Å². The molecule has 2 N–H and O–H groups in total. The van der Waals surface area contributed by atoms with Crippen LogP contribution in [0.3, 0.4) is 0 Å². The van der Waals surface area contributed by atoms with Gasteiger partial charge in [0.2, 0.25) is 5.91 Å². The zero-order valence-electron chi connectivity index (χ0n) is 21.2. The molecular formula is C29H31N3O3S. The molecule has 0 unspecified atom stereocenters. The fourth-order valence-electron chi connectivity index (χ4n) is 5.38. The smallest absolute Gasteiger partial charge is 0.236 e. The molecule has 3 aromatic carbocycles. The third kappa shape index (κ3) is 3.88. The predicted octanol–water partition coefficient (Wildman–Crippen LogP) is 5.81. The summed E-state index contributed by atoms with van der Waals surface area (Å²) in [6.45, 7) is 10.5. The number of hydrogen-bond donors (Lipinski definition) is 2. The highest BCUT2D eigenvalue weighted by Crippen LogP contribution is 2.53. The molecule has 0 aliphatic carbocycles. The van der Waals surface area contributed by atoms with Crippen LogP contribution >= 0.6 is 12.2 Å². The van der Waals surface area contributed by atoms with Gasteiger partial charge in [0.15, 0.2) is 22.3 Å². The second-order valence-corrected chi connectivity index (χ2v) is 9.99. The van der Waals surface area contributed by atoms with Crippen LogP contribution in [0.4, 0.5) is 11.4 Å². The molecule has 3 atom stereocenters. The Balaban J connectivity index is 1.66. The number of nitrogens with zero attached hydrogens (tertiary/aromatic N) is 1. The van der Waals surface area contributed by atoms with E-state index in [9.17, 15) is 4.79 Å². The molecule has 3 aromatic rings. The molecule has 2 heterocycles. The van der Waals surface area contributed by atoms with Crippen LogP contribution in [-0.2, 0) is 4.79 Å². The molecule has 6 nitrogen and oxygen atoms in total. The zero-order valence-corrected chi connectivity index (χ0v) is 22.0. The summed E-state index contributed by atoms with van der Waals surface area (Å²) in [5.41, 5.74) is 4.60. The summed E-state index contributed by atoms with van der Waals surface area (Å²) in [4.78, 5) is 16.0. The first-order chi connectivity index (χ1) is 17.2. The van der Waals surface area contributed by atoms with Crippen molar-refractivity contribution in [3.63, 3.8) is 0 Å². The summed E-state index contributed by atoms with van der Waals surface area (Å²) in [5, 5.41) is 7.16. The van der Waals surface area contributed by atoms with Gasteiger partial charge >= 0.3 is 0 Å². The van der Waals surface area contributed by atoms with E-state index in [-0.39, 0.29) is 5.91 Å². The summed E-state index contributed by atoms with van der Waals surface area (Å²) in [5.74, 6) is 0.527. The van der Waals surface area contributed by atoms with Gasteiger partial charge in [0.1, 0.15) is 5.92 Å². The first-order valence-corrected chi connectivity index (χ1v) is 12.6. The van der Waals surface area contributed by atoms with Crippen molar-refractivity contribution in [3.05, 3.63) is 82.9 Å². The minimum Gasteiger partial charge on any atom is -0.490 e. The van der Waals surface area contributed by atoms with Crippen molar-refractivity contribution in [3.8, 4) is 11.5 Å². The van der Waals surface area contributed by atoms with Crippen LogP contribution in [0.15, 0.2) is 60.7 Å². The van der Waals surface area contributed by atoms with Crippen LogP contribution in [-0.4, -0.2) is 23.4 Å². The van der Waals surface area contributed by atoms with Crippen LogP contribution in [0, 0.1) is 26.7 Å². The average Bonchev–Trinajstić information content (AvgIpc) is 2.82. The maximum atomic E-state index is 14.1. The summed E-state index contributed by atoms with van der Waals surface area (Å²) in [6.07, 6.45) is 0. The number of thiocarbonyl (C=S) groups is 1. The molecule has 1 fully saturated rings. The Labute approximate surface area is 217 Å². The third-order valence-electron chi connectivity index (χ3n) is 7.07. The molecule has 2 aliphatic heterocycles. The quantitative estimate of drug-likeness (QED) is 0.430. The van der Waals surface area contributed by atoms with Crippen LogP contribution in [0.25, 0.3) is 0 Å². The molecule has 1 amide bonds. The number of ether oxygens (including phenoxy) is 2. The van der Waals surface area contributed by atoms with Crippen LogP contribution in [0.2, 0.25) is 0 Å². The molecule has 0 aromatic heterocycles. The lowest BCUT2D eigenvalue weighted by Crippen LogP contribution is -2.72. The first-order valence-electron chi connectivity index (χ1n) is 12.2. The number of hydrogen-bond acceptors (Lipinski definition) is 4. The molecule has 0 radical (unpaired) electrons. The number of para-hydroxylation sites is 2. The topological polar surface area (TPSA) is 62.8 Å². The second-order valence-electron chi connectivity index (χ2n) is 9.60. The van der Waals surface area contributed by atoms with Gasteiger partial charge in [0, 0.05) is 16.9 Å². The van der Waals surface area contributed by atoms with E-state index in [1.165, 1.54) is 0 Å². The Bertz CT molecular complexity index is 1360. The summed E-state index contributed by atoms with van der Waals surface area (Å²) >= 11 is 5.88. The van der Waals surface area contributed by atoms with Crippen molar-refractivity contribution in [1.82, 2.24) is 5.32 Å². The first kappa shape index (κ1) is 24.1. The van der Waals surface area contributed by atoms with E-state index < -0.39 is 17.7 Å². The van der Waals surface area contributed by atoms with E-state index >= 15 is 0 Å². The van der Waals surface area contributed by atoms with Crippen LogP contribution in [0.1, 0.15) is 42.1 Å². The summed E-state index contributed by atoms with van der Waals surface area (Å²) in [6, 6.07) is 19.4. The molecule has 2 aliphatic rings. The van der Waals surface area contributed by atoms with Gasteiger partial charge in [-0.25, -0.2) is 0 Å². The Hall–Kier alpha value is -3.58. The number of amides is 1. The number of carbonyl (C=O) groups excluding carboxylic acids is 1. The van der Waals surface area contributed by atoms with E-state index in [0.717, 1.165) is 33.6 Å². The van der Waals surface area contributed by atoms with E-state index in [4.69, 9.17) is 21.7 Å². The predicted molar refractivity (Wildman–Crippen MR) is 147 cm³/mol. The molecule has 2 bridgehead atoms. The minimum absolute atomic E-state index is 0.143. The summed E-state index contributed by atoms with van der Waals surface area (Å²) in [7, 11) is 0. The van der Waals surface area contributed by atoms with Gasteiger partial charge in [-0.05, 0) is 76.2 Å². The van der Waals surface area contributed by atoms with Crippen molar-refractivity contribution in [2.75, 3.05) is 16.8 Å². The zero-order chi connectivity index (χ0) is 25.6. The molecule has 36 heavy (non-hydrogen) atoms. The Kier molecular flexibility index (Phi) is 6.12. The number of anilines is 2. The van der Waals surface area contributed by atoms with E-state index in [1.54, 1.807) is 0 Å². The van der Waals surface area contributed by atoms with E-state index in [0.29, 0.717) is 23.2 Å². The second kappa shape index (κ2) is 9.13. The van der Waals surface area contributed by atoms with E-state index in [2.05, 4.69) is 16.7 Å². The van der Waals surface area contributed by atoms with Crippen molar-refractivity contribution >= 4 is 34.6 Å². The van der Waals surface area contributed by atoms with Crippen LogP contribution in [0.5, 0.6) is 11.5 Å². The Morgan fingerprint density at radius 1 is 1.11 bits per heavy atom. The normalized spacial score (nSPS) is 22.2. The van der Waals surface area contributed by atoms with Gasteiger partial charge in [0.25, 0.3) is 0 Å². The monoisotopic (exact) mass is 501 g/mol. The highest BCUT2D eigenvalue weighted by molar-refractivity contribution is 7.80. The molecule has 5 rings (SSSR count). The number of nitrogens with one attached hydrogen (secondary N) is 2. The average molecular weight is 502 g/mol. The minimum atomic E-state index is -1.11. The number of aryl methyl sites for hydroxylation is 3. The highest BCUT2D eigenvalue weighted by Gasteiger charge is 2.59. The van der Waals surface area contributed by atoms with Gasteiger partial charge < -0.3 is 20.1 Å². The molecular weight excluding hydrogens is 470 g/mol. The van der Waals surface area contributed by atoms with E-state index in [1.807, 2.05) is 94.1 Å². The maximum Gasteiger partial charge on any atom is 0.236 e. The fraction of sp³-hybridized carbons (Fsp3) is 0.310. The lowest BCUT2D eigenvalue weighted by molar-refractivity contribution is -0.130. The van der Waals surface area contributed by atoms with Crippen molar-refractivity contribution in [1.29, 1.82) is 0 Å². The standard InChI is InChI=1S/C29H31N3O3S/c1-6-34-23-13-9-11-20-25-24(27(33)30-21-15-14-17(2)16-19(21)4)29(5,35-26(20)23)32(28(36)31-25)22-12-8-7-10-18(22)3/h7-16,24-25H,6H2,1-5H3,(H,30,33)(H,31,36)/t24-,25-,29-/m1/s1. The molecule has 186 valence electrons. The van der Waals surface area contributed by atoms with Gasteiger partial charge in [-0.3, -0.25) is 9.69 Å². The SMILES string of the molecule is CCOc1cccc2c1O[C@]1(C)[C@@H](C(=O)Nc3ccc(C)cc3C)[C@@H]2NC(=S)N1c1ccccc1C. The fourth-order valence-corrected chi connectivity index (χ4v) is 5.79. The van der Waals surface area contributed by atoms with Gasteiger partial charge in [-0.15, -0.1) is 0 Å². The highest BCUT2D eigenvalue weighted by atomic mass is 32.1. The lowest BCUT2D eigenvalue weighted by atomic mass is 9.78. The van der Waals surface area contributed by atoms with Crippen molar-refractivity contribution in [2.45, 2.75) is 46.4 Å². The lowest BCUT2D eigenvalue weighted by Gasteiger charge is -2.56. The van der Waals surface area contributed by atoms with Crippen LogP contribution < -0.4 is 25.0 Å². The Morgan fingerprint density at radius 3 is 2.61 bits per heavy atom.